The Kier molecular flexibility index (Phi) is 5.96. The van der Waals surface area contributed by atoms with Gasteiger partial charge in [-0.3, -0.25) is 0 Å². The van der Waals surface area contributed by atoms with Gasteiger partial charge in [-0.2, -0.15) is 0 Å². The van der Waals surface area contributed by atoms with Crippen LogP contribution in [0.15, 0.2) is 134 Å². The topological polar surface area (TPSA) is 35.2 Å². The van der Waals surface area contributed by atoms with Gasteiger partial charge in [-0.1, -0.05) is 116 Å². The predicted molar refractivity (Wildman–Crippen MR) is 143 cm³/mol. The van der Waals surface area contributed by atoms with E-state index < -0.39 is 0 Å². The molecule has 0 heterocycles. The number of anilines is 1. The highest BCUT2D eigenvalue weighted by molar-refractivity contribution is 5.75. The molecule has 0 unspecified atom stereocenters. The Bertz CT molecular complexity index is 1420. The summed E-state index contributed by atoms with van der Waals surface area (Å²) in [6, 6.07) is 43.4. The van der Waals surface area contributed by atoms with Gasteiger partial charge < -0.3 is 10.5 Å². The number of rotatable bonds is 6. The van der Waals surface area contributed by atoms with E-state index in [0.717, 1.165) is 16.7 Å². The third kappa shape index (κ3) is 4.62. The van der Waals surface area contributed by atoms with Crippen LogP contribution in [0.3, 0.4) is 0 Å². The summed E-state index contributed by atoms with van der Waals surface area (Å²) in [7, 11) is 0. The zero-order valence-corrected chi connectivity index (χ0v) is 18.8. The highest BCUT2D eigenvalue weighted by Gasteiger charge is 2.07. The van der Waals surface area contributed by atoms with E-state index >= 15 is 0 Å². The van der Waals surface area contributed by atoms with E-state index in [1.54, 1.807) is 0 Å². The first-order valence-corrected chi connectivity index (χ1v) is 11.3. The van der Waals surface area contributed by atoms with Gasteiger partial charge in [0.15, 0.2) is 0 Å². The lowest BCUT2D eigenvalue weighted by atomic mass is 9.97. The van der Waals surface area contributed by atoms with Crippen molar-refractivity contribution in [2.75, 3.05) is 5.73 Å². The fourth-order valence-corrected chi connectivity index (χ4v) is 3.98. The van der Waals surface area contributed by atoms with Crippen LogP contribution >= 0.6 is 0 Å². The van der Waals surface area contributed by atoms with Crippen molar-refractivity contribution in [2.24, 2.45) is 0 Å². The summed E-state index contributed by atoms with van der Waals surface area (Å²) < 4.78 is 5.92. The zero-order chi connectivity index (χ0) is 23.3. The van der Waals surface area contributed by atoms with E-state index in [4.69, 9.17) is 10.5 Å². The fourth-order valence-electron chi connectivity index (χ4n) is 3.98. The minimum Gasteiger partial charge on any atom is -0.455 e. The number of nitrogens with two attached hydrogens (primary N) is 1. The van der Waals surface area contributed by atoms with Gasteiger partial charge in [-0.15, -0.1) is 0 Å². The third-order valence-electron chi connectivity index (χ3n) is 5.88. The molecule has 0 saturated carbocycles. The maximum atomic E-state index is 6.00. The number of benzene rings is 5. The molecule has 0 saturated heterocycles. The quantitative estimate of drug-likeness (QED) is 0.213. The maximum absolute atomic E-state index is 6.00. The van der Waals surface area contributed by atoms with E-state index in [-0.39, 0.29) is 0 Å². The van der Waals surface area contributed by atoms with E-state index in [1.165, 1.54) is 22.3 Å². The first-order valence-electron chi connectivity index (χ1n) is 11.3. The molecule has 34 heavy (non-hydrogen) atoms. The molecule has 0 bridgehead atoms. The van der Waals surface area contributed by atoms with Crippen LogP contribution in [-0.4, -0.2) is 0 Å². The lowest BCUT2D eigenvalue weighted by Crippen LogP contribution is -1.97. The number of hydrogen-bond acceptors (Lipinski definition) is 2. The molecular formula is C32H25NO. The molecule has 0 radical (unpaired) electrons. The van der Waals surface area contributed by atoms with Gasteiger partial charge in [0, 0.05) is 5.56 Å². The molecule has 0 aliphatic carbocycles. The van der Waals surface area contributed by atoms with Crippen molar-refractivity contribution < 1.29 is 4.74 Å². The lowest BCUT2D eigenvalue weighted by Gasteiger charge is -2.12. The summed E-state index contributed by atoms with van der Waals surface area (Å²) in [6.45, 7) is 4.10. The summed E-state index contributed by atoms with van der Waals surface area (Å²) >= 11 is 0. The minimum absolute atomic E-state index is 0.565. The van der Waals surface area contributed by atoms with Crippen molar-refractivity contribution >= 4 is 11.4 Å². The van der Waals surface area contributed by atoms with Gasteiger partial charge in [0.05, 0.1) is 5.69 Å². The molecule has 0 spiro atoms. The van der Waals surface area contributed by atoms with Crippen LogP contribution < -0.4 is 10.5 Å². The fraction of sp³-hybridized carbons (Fsp3) is 0. The average molecular weight is 440 g/mol. The van der Waals surface area contributed by atoms with Crippen LogP contribution in [0.4, 0.5) is 5.69 Å². The lowest BCUT2D eigenvalue weighted by molar-refractivity contribution is 0.519. The van der Waals surface area contributed by atoms with E-state index in [0.29, 0.717) is 17.2 Å². The summed E-state index contributed by atoms with van der Waals surface area (Å²) in [6.07, 6.45) is 0. The SMILES string of the molecule is C=C(Oc1ccccc1N)c1cccc(-c2ccc(-c3ccc(-c4ccccc4)cc3)cc2)c1. The van der Waals surface area contributed by atoms with E-state index in [2.05, 4.69) is 91.5 Å². The van der Waals surface area contributed by atoms with Crippen molar-refractivity contribution in [1.29, 1.82) is 0 Å². The molecule has 0 aliphatic rings. The smallest absolute Gasteiger partial charge is 0.150 e. The van der Waals surface area contributed by atoms with E-state index in [1.807, 2.05) is 42.5 Å². The molecule has 164 valence electrons. The van der Waals surface area contributed by atoms with Gasteiger partial charge >= 0.3 is 0 Å². The van der Waals surface area contributed by atoms with Crippen molar-refractivity contribution in [2.45, 2.75) is 0 Å². The average Bonchev–Trinajstić information content (AvgIpc) is 2.91. The van der Waals surface area contributed by atoms with Crippen LogP contribution in [-0.2, 0) is 0 Å². The second-order valence-electron chi connectivity index (χ2n) is 8.16. The Labute approximate surface area is 200 Å². The number of para-hydroxylation sites is 2. The second-order valence-corrected chi connectivity index (χ2v) is 8.16. The van der Waals surface area contributed by atoms with Crippen molar-refractivity contribution in [3.63, 3.8) is 0 Å². The largest absolute Gasteiger partial charge is 0.455 e. The summed E-state index contributed by atoms with van der Waals surface area (Å²) in [5.74, 6) is 1.18. The molecule has 5 aromatic carbocycles. The van der Waals surface area contributed by atoms with Crippen LogP contribution in [0.1, 0.15) is 5.56 Å². The zero-order valence-electron chi connectivity index (χ0n) is 18.8. The molecular weight excluding hydrogens is 414 g/mol. The molecule has 5 rings (SSSR count). The van der Waals surface area contributed by atoms with Crippen LogP contribution in [0.25, 0.3) is 39.1 Å². The summed E-state index contributed by atoms with van der Waals surface area (Å²) in [5, 5.41) is 0. The highest BCUT2D eigenvalue weighted by Crippen LogP contribution is 2.30. The molecule has 0 atom stereocenters. The first kappa shape index (κ1) is 21.3. The molecule has 0 amide bonds. The highest BCUT2D eigenvalue weighted by atomic mass is 16.5. The van der Waals surface area contributed by atoms with Crippen molar-refractivity contribution in [3.8, 4) is 39.1 Å². The second kappa shape index (κ2) is 9.51. The maximum Gasteiger partial charge on any atom is 0.150 e. The minimum atomic E-state index is 0.565. The molecule has 0 aliphatic heterocycles. The number of ether oxygens (including phenoxy) is 1. The summed E-state index contributed by atoms with van der Waals surface area (Å²) in [5.41, 5.74) is 14.6. The van der Waals surface area contributed by atoms with Crippen molar-refractivity contribution in [3.05, 3.63) is 140 Å². The van der Waals surface area contributed by atoms with Gasteiger partial charge in [0.1, 0.15) is 11.5 Å². The summed E-state index contributed by atoms with van der Waals surface area (Å²) in [4.78, 5) is 0. The predicted octanol–water partition coefficient (Wildman–Crippen LogP) is 8.32. The Morgan fingerprint density at radius 2 is 0.971 bits per heavy atom. The molecule has 2 nitrogen and oxygen atoms in total. The first-order chi connectivity index (χ1) is 16.7. The third-order valence-corrected chi connectivity index (χ3v) is 5.88. The molecule has 5 aromatic rings. The number of nitrogen functional groups attached to an aromatic ring is 1. The van der Waals surface area contributed by atoms with Gasteiger partial charge in [-0.25, -0.2) is 0 Å². The number of hydrogen-bond donors (Lipinski definition) is 1. The Hall–Kier alpha value is -4.56. The molecule has 2 N–H and O–H groups in total. The van der Waals surface area contributed by atoms with Gasteiger partial charge in [-0.05, 0) is 51.6 Å². The van der Waals surface area contributed by atoms with Gasteiger partial charge in [0.2, 0.25) is 0 Å². The standard InChI is InChI=1S/C32H25NO/c1-23(34-32-13-6-5-12-31(32)33)29-10-7-11-30(22-29)28-20-18-27(19-21-28)26-16-14-25(15-17-26)24-8-3-2-4-9-24/h2-22H,1,33H2. The normalized spacial score (nSPS) is 10.6. The van der Waals surface area contributed by atoms with Gasteiger partial charge in [0.25, 0.3) is 0 Å². The van der Waals surface area contributed by atoms with Crippen LogP contribution in [0, 0.1) is 0 Å². The van der Waals surface area contributed by atoms with Crippen molar-refractivity contribution in [1.82, 2.24) is 0 Å². The molecule has 0 fully saturated rings. The van der Waals surface area contributed by atoms with Crippen LogP contribution in [0.5, 0.6) is 5.75 Å². The Morgan fingerprint density at radius 3 is 1.56 bits per heavy atom. The Balaban J connectivity index is 1.34. The monoisotopic (exact) mass is 439 g/mol. The molecule has 0 aromatic heterocycles. The van der Waals surface area contributed by atoms with E-state index in [9.17, 15) is 0 Å². The van der Waals surface area contributed by atoms with Crippen LogP contribution in [0.2, 0.25) is 0 Å². The Morgan fingerprint density at radius 1 is 0.500 bits per heavy atom. The molecule has 2 heteroatoms.